The van der Waals surface area contributed by atoms with E-state index in [0.29, 0.717) is 28.6 Å². The van der Waals surface area contributed by atoms with Crippen LogP contribution in [-0.4, -0.2) is 49.2 Å². The molecule has 3 aromatic rings. The third-order valence-electron chi connectivity index (χ3n) is 4.52. The van der Waals surface area contributed by atoms with Crippen molar-refractivity contribution in [3.63, 3.8) is 0 Å². The molecule has 136 valence electrons. The van der Waals surface area contributed by atoms with E-state index in [1.807, 2.05) is 32.0 Å². The Morgan fingerprint density at radius 2 is 1.56 bits per heavy atom. The van der Waals surface area contributed by atoms with Gasteiger partial charge in [-0.2, -0.15) is 4.68 Å². The molecular formula is C19H17N5O2S. The SMILES string of the molecule is Cc1cccc(C)c1-n1nnnc1SCCN1C(=O)c2ccccc2C1=O. The number of aromatic nitrogens is 4. The highest BCUT2D eigenvalue weighted by molar-refractivity contribution is 7.99. The van der Waals surface area contributed by atoms with E-state index in [-0.39, 0.29) is 11.8 Å². The second kappa shape index (κ2) is 6.96. The van der Waals surface area contributed by atoms with Gasteiger partial charge in [-0.15, -0.1) is 5.10 Å². The molecule has 1 aliphatic rings. The summed E-state index contributed by atoms with van der Waals surface area (Å²) in [6, 6.07) is 12.9. The van der Waals surface area contributed by atoms with E-state index in [0.717, 1.165) is 16.8 Å². The Morgan fingerprint density at radius 3 is 2.19 bits per heavy atom. The fraction of sp³-hybridized carbons (Fsp3) is 0.211. The zero-order valence-electron chi connectivity index (χ0n) is 14.9. The topological polar surface area (TPSA) is 81.0 Å². The highest BCUT2D eigenvalue weighted by atomic mass is 32.2. The fourth-order valence-electron chi connectivity index (χ4n) is 3.22. The number of benzene rings is 2. The molecule has 2 heterocycles. The van der Waals surface area contributed by atoms with Crippen LogP contribution in [0.1, 0.15) is 31.8 Å². The summed E-state index contributed by atoms with van der Waals surface area (Å²) < 4.78 is 1.71. The van der Waals surface area contributed by atoms with E-state index in [9.17, 15) is 9.59 Å². The maximum atomic E-state index is 12.4. The van der Waals surface area contributed by atoms with Crippen LogP contribution < -0.4 is 0 Å². The van der Waals surface area contributed by atoms with Gasteiger partial charge in [-0.05, 0) is 47.5 Å². The first-order valence-corrected chi connectivity index (χ1v) is 9.49. The third kappa shape index (κ3) is 3.02. The molecule has 7 nitrogen and oxygen atoms in total. The minimum Gasteiger partial charge on any atom is -0.273 e. The number of nitrogens with zero attached hydrogens (tertiary/aromatic N) is 5. The van der Waals surface area contributed by atoms with E-state index in [1.165, 1.54) is 16.7 Å². The van der Waals surface area contributed by atoms with Gasteiger partial charge in [0.1, 0.15) is 0 Å². The summed E-state index contributed by atoms with van der Waals surface area (Å²) in [4.78, 5) is 26.1. The Balaban J connectivity index is 1.48. The molecule has 0 unspecified atom stereocenters. The Labute approximate surface area is 160 Å². The lowest BCUT2D eigenvalue weighted by Gasteiger charge is -2.14. The summed E-state index contributed by atoms with van der Waals surface area (Å²) >= 11 is 1.42. The van der Waals surface area contributed by atoms with Crippen LogP contribution >= 0.6 is 11.8 Å². The second-order valence-corrected chi connectivity index (χ2v) is 7.33. The van der Waals surface area contributed by atoms with Crippen molar-refractivity contribution in [3.8, 4) is 5.69 Å². The van der Waals surface area contributed by atoms with Crippen LogP contribution in [0.2, 0.25) is 0 Å². The summed E-state index contributed by atoms with van der Waals surface area (Å²) in [5.74, 6) is 0.0209. The fourth-order valence-corrected chi connectivity index (χ4v) is 4.02. The van der Waals surface area contributed by atoms with Crippen molar-refractivity contribution in [1.82, 2.24) is 25.1 Å². The van der Waals surface area contributed by atoms with Crippen molar-refractivity contribution >= 4 is 23.6 Å². The first kappa shape index (κ1) is 17.4. The van der Waals surface area contributed by atoms with Crippen LogP contribution in [-0.2, 0) is 0 Å². The van der Waals surface area contributed by atoms with Gasteiger partial charge in [0.15, 0.2) is 0 Å². The number of carbonyl (C=O) groups excluding carboxylic acids is 2. The van der Waals surface area contributed by atoms with Gasteiger partial charge in [-0.3, -0.25) is 14.5 Å². The van der Waals surface area contributed by atoms with E-state index < -0.39 is 0 Å². The summed E-state index contributed by atoms with van der Waals surface area (Å²) in [5, 5.41) is 12.6. The summed E-state index contributed by atoms with van der Waals surface area (Å²) in [6.45, 7) is 4.32. The molecule has 8 heteroatoms. The van der Waals surface area contributed by atoms with Crippen molar-refractivity contribution in [2.45, 2.75) is 19.0 Å². The Bertz CT molecular complexity index is 991. The molecule has 4 rings (SSSR count). The minimum atomic E-state index is -0.245. The second-order valence-electron chi connectivity index (χ2n) is 6.27. The summed E-state index contributed by atoms with van der Waals surface area (Å²) in [5.41, 5.74) is 4.03. The molecule has 0 atom stereocenters. The van der Waals surface area contributed by atoms with Crippen LogP contribution in [0.4, 0.5) is 0 Å². The quantitative estimate of drug-likeness (QED) is 0.501. The molecule has 0 saturated carbocycles. The number of aryl methyl sites for hydroxylation is 2. The molecule has 2 aromatic carbocycles. The lowest BCUT2D eigenvalue weighted by molar-refractivity contribution is 0.0664. The molecule has 0 radical (unpaired) electrons. The van der Waals surface area contributed by atoms with Crippen LogP contribution in [0.25, 0.3) is 5.69 Å². The number of rotatable bonds is 5. The average Bonchev–Trinajstić information content (AvgIpc) is 3.21. The minimum absolute atomic E-state index is 0.245. The lowest BCUT2D eigenvalue weighted by Crippen LogP contribution is -2.31. The standard InChI is InChI=1S/C19H17N5O2S/c1-12-6-5-7-13(2)16(12)24-19(20-21-22-24)27-11-10-23-17(25)14-8-3-4-9-15(14)18(23)26/h3-9H,10-11H2,1-2H3. The van der Waals surface area contributed by atoms with E-state index in [4.69, 9.17) is 0 Å². The Kier molecular flexibility index (Phi) is 4.49. The molecule has 0 fully saturated rings. The van der Waals surface area contributed by atoms with Gasteiger partial charge < -0.3 is 0 Å². The van der Waals surface area contributed by atoms with Crippen molar-refractivity contribution in [2.24, 2.45) is 0 Å². The normalized spacial score (nSPS) is 13.3. The van der Waals surface area contributed by atoms with E-state index in [1.54, 1.807) is 28.9 Å². The number of thioether (sulfide) groups is 1. The number of imide groups is 1. The number of fused-ring (bicyclic) bond motifs is 1. The van der Waals surface area contributed by atoms with Gasteiger partial charge in [0.2, 0.25) is 5.16 Å². The largest absolute Gasteiger partial charge is 0.273 e. The molecule has 1 aromatic heterocycles. The zero-order valence-corrected chi connectivity index (χ0v) is 15.7. The van der Waals surface area contributed by atoms with Crippen molar-refractivity contribution in [2.75, 3.05) is 12.3 Å². The van der Waals surface area contributed by atoms with Crippen LogP contribution in [0.15, 0.2) is 47.6 Å². The van der Waals surface area contributed by atoms with E-state index in [2.05, 4.69) is 15.5 Å². The third-order valence-corrected chi connectivity index (χ3v) is 5.42. The van der Waals surface area contributed by atoms with Crippen LogP contribution in [0.3, 0.4) is 0 Å². The summed E-state index contributed by atoms with van der Waals surface area (Å²) in [6.07, 6.45) is 0. The Morgan fingerprint density at radius 1 is 0.926 bits per heavy atom. The predicted molar refractivity (Wildman–Crippen MR) is 101 cm³/mol. The molecule has 2 amide bonds. The molecule has 0 saturated heterocycles. The number of hydrogen-bond acceptors (Lipinski definition) is 6. The first-order chi connectivity index (χ1) is 13.1. The smallest absolute Gasteiger partial charge is 0.261 e. The molecular weight excluding hydrogens is 362 g/mol. The van der Waals surface area contributed by atoms with E-state index >= 15 is 0 Å². The number of hydrogen-bond donors (Lipinski definition) is 0. The van der Waals surface area contributed by atoms with Gasteiger partial charge >= 0.3 is 0 Å². The van der Waals surface area contributed by atoms with Crippen molar-refractivity contribution in [3.05, 3.63) is 64.7 Å². The maximum Gasteiger partial charge on any atom is 0.261 e. The van der Waals surface area contributed by atoms with Crippen molar-refractivity contribution < 1.29 is 9.59 Å². The first-order valence-electron chi connectivity index (χ1n) is 8.51. The predicted octanol–water partition coefficient (Wildman–Crippen LogP) is 2.67. The number of carbonyl (C=O) groups is 2. The zero-order chi connectivity index (χ0) is 19.0. The number of amides is 2. The average molecular weight is 379 g/mol. The van der Waals surface area contributed by atoms with Crippen molar-refractivity contribution in [1.29, 1.82) is 0 Å². The van der Waals surface area contributed by atoms with Gasteiger partial charge in [0.05, 0.1) is 16.8 Å². The lowest BCUT2D eigenvalue weighted by atomic mass is 10.1. The highest BCUT2D eigenvalue weighted by Gasteiger charge is 2.34. The van der Waals surface area contributed by atoms with Gasteiger partial charge in [0, 0.05) is 12.3 Å². The van der Waals surface area contributed by atoms with Gasteiger partial charge in [0.25, 0.3) is 11.8 Å². The molecule has 0 N–H and O–H groups in total. The number of para-hydroxylation sites is 1. The summed E-state index contributed by atoms with van der Waals surface area (Å²) in [7, 11) is 0. The van der Waals surface area contributed by atoms with Gasteiger partial charge in [-0.1, -0.05) is 42.1 Å². The molecule has 0 aliphatic carbocycles. The number of tetrazole rings is 1. The van der Waals surface area contributed by atoms with Crippen LogP contribution in [0.5, 0.6) is 0 Å². The maximum absolute atomic E-state index is 12.4. The van der Waals surface area contributed by atoms with Crippen LogP contribution in [0, 0.1) is 13.8 Å². The Hall–Kier alpha value is -3.00. The van der Waals surface area contributed by atoms with Gasteiger partial charge in [-0.25, -0.2) is 0 Å². The molecule has 1 aliphatic heterocycles. The molecule has 0 spiro atoms. The highest BCUT2D eigenvalue weighted by Crippen LogP contribution is 2.25. The monoisotopic (exact) mass is 379 g/mol. The molecule has 27 heavy (non-hydrogen) atoms. The molecule has 0 bridgehead atoms.